The van der Waals surface area contributed by atoms with Crippen LogP contribution in [0.3, 0.4) is 0 Å². The Morgan fingerprint density at radius 2 is 1.43 bits per heavy atom. The first kappa shape index (κ1) is 58.4. The number of ether oxygens (including phenoxy) is 5. The quantitative estimate of drug-likeness (QED) is 0.0457. The lowest BCUT2D eigenvalue weighted by Gasteiger charge is -2.50. The molecular weight excluding hydrogens is 1020 g/mol. The van der Waals surface area contributed by atoms with Crippen molar-refractivity contribution < 1.29 is 77.0 Å². The Morgan fingerprint density at radius 1 is 0.792 bits per heavy atom. The van der Waals surface area contributed by atoms with Crippen molar-refractivity contribution in [3.8, 4) is 23.3 Å². The summed E-state index contributed by atoms with van der Waals surface area (Å²) in [4.78, 5) is 15.4. The average molecular weight is 1090 g/mol. The summed E-state index contributed by atoms with van der Waals surface area (Å²) in [5.41, 5.74) is -4.14. The third-order valence-corrected chi connectivity index (χ3v) is 18.7. The molecule has 3 fully saturated rings. The van der Waals surface area contributed by atoms with Crippen LogP contribution < -0.4 is 14.2 Å². The summed E-state index contributed by atoms with van der Waals surface area (Å²) in [6, 6.07) is 15.3. The van der Waals surface area contributed by atoms with Gasteiger partial charge in [-0.1, -0.05) is 34.6 Å². The standard InChI is InChI=1S/C49H65F9N3O8PS2/c1-32(2)61(33(3)4)70(67-25-6-21-59)68-26-22-60(35-19-29-71-72-31-35)44(62)69-37-11-9-36(10-12-37)63-27-28-64-38-13-15-39-34(30-38)8-14-41-40(39)18-20-45(5)42(41)16-17-43(45)65-23-7-24-66-46(47(50,51)52,48(53,54)55)49(56,57)58/h9-13,15,30,32-33,35,40-43H,6-8,14,16-20,22-29,31H2,1-5H3/t35?,40-,41-,42+,43+,45+,70?/m1/s1. The molecule has 11 nitrogen and oxygen atoms in total. The van der Waals surface area contributed by atoms with E-state index in [2.05, 4.69) is 62.2 Å². The number of benzene rings is 2. The first-order chi connectivity index (χ1) is 34.0. The molecule has 1 heterocycles. The highest BCUT2D eigenvalue weighted by Crippen LogP contribution is 2.62. The van der Waals surface area contributed by atoms with Gasteiger partial charge in [-0.25, -0.2) is 9.46 Å². The van der Waals surface area contributed by atoms with E-state index >= 15 is 0 Å². The van der Waals surface area contributed by atoms with Crippen molar-refractivity contribution in [1.82, 2.24) is 9.57 Å². The number of aryl methyl sites for hydroxylation is 1. The molecule has 404 valence electrons. The molecular formula is C49H65F9N3O8PS2. The lowest BCUT2D eigenvalue weighted by molar-refractivity contribution is -0.457. The van der Waals surface area contributed by atoms with Crippen LogP contribution in [0.25, 0.3) is 0 Å². The highest BCUT2D eigenvalue weighted by Gasteiger charge is 2.85. The molecule has 3 aliphatic carbocycles. The van der Waals surface area contributed by atoms with Gasteiger partial charge in [-0.05, 0) is 150 Å². The highest BCUT2D eigenvalue weighted by molar-refractivity contribution is 8.76. The minimum atomic E-state index is -6.76. The summed E-state index contributed by atoms with van der Waals surface area (Å²) < 4.78 is 161. The number of carbonyl (C=O) groups excluding carboxylic acids is 1. The highest BCUT2D eigenvalue weighted by atomic mass is 33.1. The molecule has 0 aromatic heterocycles. The molecule has 0 N–H and O–H groups in total. The van der Waals surface area contributed by atoms with Crippen LogP contribution >= 0.6 is 30.1 Å². The zero-order chi connectivity index (χ0) is 52.5. The Kier molecular flexibility index (Phi) is 20.5. The molecule has 6 rings (SSSR count). The van der Waals surface area contributed by atoms with Gasteiger partial charge in [0.2, 0.25) is 0 Å². The molecule has 0 radical (unpaired) electrons. The van der Waals surface area contributed by atoms with Gasteiger partial charge in [0.1, 0.15) is 30.5 Å². The Morgan fingerprint density at radius 3 is 2.06 bits per heavy atom. The molecule has 1 saturated heterocycles. The van der Waals surface area contributed by atoms with Crippen LogP contribution in [0.4, 0.5) is 44.3 Å². The van der Waals surface area contributed by atoms with E-state index in [4.69, 9.17) is 33.3 Å². The van der Waals surface area contributed by atoms with Crippen LogP contribution in [0.5, 0.6) is 17.2 Å². The van der Waals surface area contributed by atoms with Gasteiger partial charge >= 0.3 is 30.2 Å². The second-order valence-corrected chi connectivity index (χ2v) is 23.4. The minimum Gasteiger partial charge on any atom is -0.490 e. The van der Waals surface area contributed by atoms with E-state index in [9.17, 15) is 44.3 Å². The summed E-state index contributed by atoms with van der Waals surface area (Å²) >= 11 is 0. The summed E-state index contributed by atoms with van der Waals surface area (Å²) in [6.45, 7) is 9.90. The third-order valence-electron chi connectivity index (χ3n) is 14.1. The number of rotatable bonds is 23. The Balaban J connectivity index is 0.950. The second kappa shape index (κ2) is 25.3. The van der Waals surface area contributed by atoms with E-state index in [-0.39, 0.29) is 80.9 Å². The van der Waals surface area contributed by atoms with E-state index in [0.29, 0.717) is 36.1 Å². The lowest BCUT2D eigenvalue weighted by Crippen LogP contribution is -2.67. The third kappa shape index (κ3) is 13.7. The normalized spacial score (nSPS) is 24.1. The van der Waals surface area contributed by atoms with Crippen LogP contribution in [0.2, 0.25) is 0 Å². The van der Waals surface area contributed by atoms with Crippen LogP contribution in [0.1, 0.15) is 103 Å². The molecule has 0 bridgehead atoms. The van der Waals surface area contributed by atoms with E-state index in [1.54, 1.807) is 50.8 Å². The number of fused-ring (bicyclic) bond motifs is 5. The Labute approximate surface area is 425 Å². The maximum Gasteiger partial charge on any atom is 0.435 e. The van der Waals surface area contributed by atoms with E-state index in [1.807, 2.05) is 6.07 Å². The van der Waals surface area contributed by atoms with Crippen molar-refractivity contribution >= 4 is 36.2 Å². The molecule has 1 aliphatic heterocycles. The Hall–Kier alpha value is -2.90. The van der Waals surface area contributed by atoms with Gasteiger partial charge in [0.15, 0.2) is 0 Å². The summed E-state index contributed by atoms with van der Waals surface area (Å²) in [5, 5.41) is 9.06. The molecule has 0 spiro atoms. The minimum absolute atomic E-state index is 0.0286. The summed E-state index contributed by atoms with van der Waals surface area (Å²) in [5.74, 6) is 4.18. The zero-order valence-corrected chi connectivity index (χ0v) is 43.6. The van der Waals surface area contributed by atoms with Crippen molar-refractivity contribution in [3.05, 3.63) is 53.6 Å². The van der Waals surface area contributed by atoms with Gasteiger partial charge in [0.05, 0.1) is 38.4 Å². The molecule has 2 unspecified atom stereocenters. The maximum atomic E-state index is 13.7. The topological polar surface area (TPSA) is 112 Å². The van der Waals surface area contributed by atoms with Gasteiger partial charge in [0.25, 0.3) is 8.53 Å². The van der Waals surface area contributed by atoms with Gasteiger partial charge in [-0.2, -0.15) is 44.8 Å². The number of nitrogens with zero attached hydrogens (tertiary/aromatic N) is 3. The first-order valence-corrected chi connectivity index (χ1v) is 28.0. The lowest BCUT2D eigenvalue weighted by atomic mass is 9.55. The summed E-state index contributed by atoms with van der Waals surface area (Å²) in [7, 11) is 2.05. The molecule has 72 heavy (non-hydrogen) atoms. The summed E-state index contributed by atoms with van der Waals surface area (Å²) in [6.07, 6.45) is -15.8. The van der Waals surface area contributed by atoms with Crippen molar-refractivity contribution in [3.63, 3.8) is 0 Å². The number of hydrogen-bond acceptors (Lipinski definition) is 12. The van der Waals surface area contributed by atoms with Crippen molar-refractivity contribution in [2.45, 2.75) is 147 Å². The average Bonchev–Trinajstić information content (AvgIpc) is 3.65. The molecule has 4 aliphatic rings. The fourth-order valence-electron chi connectivity index (χ4n) is 10.8. The van der Waals surface area contributed by atoms with Gasteiger partial charge < -0.3 is 37.6 Å². The molecule has 2 aromatic carbocycles. The number of amides is 1. The molecule has 2 saturated carbocycles. The molecule has 7 atom stereocenters. The van der Waals surface area contributed by atoms with E-state index < -0.39 is 51.8 Å². The fourth-order valence-corrected chi connectivity index (χ4v) is 14.9. The van der Waals surface area contributed by atoms with Crippen LogP contribution in [0, 0.1) is 28.6 Å². The zero-order valence-electron chi connectivity index (χ0n) is 41.1. The van der Waals surface area contributed by atoms with Crippen LogP contribution in [-0.2, 0) is 24.9 Å². The van der Waals surface area contributed by atoms with E-state index in [0.717, 1.165) is 50.0 Å². The van der Waals surface area contributed by atoms with Crippen LogP contribution in [0.15, 0.2) is 42.5 Å². The van der Waals surface area contributed by atoms with Gasteiger partial charge in [-0.3, -0.25) is 0 Å². The monoisotopic (exact) mass is 1090 g/mol. The van der Waals surface area contributed by atoms with Crippen molar-refractivity contribution in [2.75, 3.05) is 57.7 Å². The number of carbonyl (C=O) groups is 1. The SMILES string of the molecule is CC(C)N(C(C)C)P(OCCC#N)OCCN(C(=O)Oc1ccc(OCCOc2ccc3c(c2)CC[C@@H]2[C@@H]3CC[C@]3(C)[C@@H](OCCCOC(C(F)(F)F)(C(F)(F)F)C(F)(F)F)CC[C@@H]23)cc1)C1CCSSC1. The number of alkyl halides is 9. The largest absolute Gasteiger partial charge is 0.490 e. The van der Waals surface area contributed by atoms with Crippen LogP contribution in [-0.4, -0.2) is 122 Å². The van der Waals surface area contributed by atoms with Gasteiger partial charge in [-0.15, -0.1) is 0 Å². The van der Waals surface area contributed by atoms with Crippen molar-refractivity contribution in [2.24, 2.45) is 17.3 Å². The predicted molar refractivity (Wildman–Crippen MR) is 257 cm³/mol. The number of nitriles is 1. The molecule has 23 heteroatoms. The molecule has 1 amide bonds. The van der Waals surface area contributed by atoms with Crippen molar-refractivity contribution in [1.29, 1.82) is 5.26 Å². The first-order valence-electron chi connectivity index (χ1n) is 24.4. The fraction of sp³-hybridized carbons (Fsp3) is 0.714. The predicted octanol–water partition coefficient (Wildman–Crippen LogP) is 13.5. The van der Waals surface area contributed by atoms with Gasteiger partial charge in [0, 0.05) is 42.8 Å². The molecule has 2 aromatic rings. The maximum absolute atomic E-state index is 13.7. The smallest absolute Gasteiger partial charge is 0.435 e. The number of hydrogen-bond donors (Lipinski definition) is 0. The number of halogens is 9. The Bertz CT molecular complexity index is 2050. The van der Waals surface area contributed by atoms with E-state index in [1.165, 1.54) is 11.1 Å². The second-order valence-electron chi connectivity index (χ2n) is 19.3.